The number of nitrogens with one attached hydrogen (secondary N) is 1. The Morgan fingerprint density at radius 1 is 1.13 bits per heavy atom. The van der Waals surface area contributed by atoms with Gasteiger partial charge in [0.05, 0.1) is 11.4 Å². The molecule has 1 aliphatic rings. The number of halogens is 1. The molecule has 0 aromatic heterocycles. The third-order valence-corrected chi connectivity index (χ3v) is 8.72. The first-order chi connectivity index (χ1) is 14.3. The SMILES string of the molecule is C#CCN1CCC(C(=O)NO)(S(=O)(=O)c2ccc(Sc3ccc(F)cc3)cc2)CC1. The van der Waals surface area contributed by atoms with E-state index in [9.17, 15) is 22.8 Å². The number of terminal acetylenes is 1. The first kappa shape index (κ1) is 22.3. The highest BCUT2D eigenvalue weighted by Crippen LogP contribution is 2.37. The number of hydrogen-bond donors (Lipinski definition) is 2. The van der Waals surface area contributed by atoms with E-state index in [2.05, 4.69) is 5.92 Å². The molecule has 9 heteroatoms. The fourth-order valence-electron chi connectivity index (χ4n) is 3.47. The minimum Gasteiger partial charge on any atom is -0.292 e. The maximum Gasteiger partial charge on any atom is 0.265 e. The summed E-state index contributed by atoms with van der Waals surface area (Å²) in [5.74, 6) is 1.24. The fraction of sp³-hybridized carbons (Fsp3) is 0.286. The van der Waals surface area contributed by atoms with Gasteiger partial charge in [0, 0.05) is 22.9 Å². The van der Waals surface area contributed by atoms with Gasteiger partial charge in [-0.1, -0.05) is 17.7 Å². The molecule has 0 bridgehead atoms. The van der Waals surface area contributed by atoms with Crippen LogP contribution in [0.3, 0.4) is 0 Å². The lowest BCUT2D eigenvalue weighted by Crippen LogP contribution is -2.57. The van der Waals surface area contributed by atoms with E-state index in [1.807, 2.05) is 4.90 Å². The Kier molecular flexibility index (Phi) is 6.83. The first-order valence-electron chi connectivity index (χ1n) is 9.21. The molecule has 1 amide bonds. The van der Waals surface area contributed by atoms with Crippen LogP contribution >= 0.6 is 11.8 Å². The highest BCUT2D eigenvalue weighted by atomic mass is 32.2. The van der Waals surface area contributed by atoms with Crippen molar-refractivity contribution in [3.63, 3.8) is 0 Å². The van der Waals surface area contributed by atoms with Crippen LogP contribution in [0, 0.1) is 18.2 Å². The number of nitrogens with zero attached hydrogens (tertiary/aromatic N) is 1. The van der Waals surface area contributed by atoms with Gasteiger partial charge in [0.2, 0.25) is 0 Å². The summed E-state index contributed by atoms with van der Waals surface area (Å²) in [5.41, 5.74) is 1.54. The van der Waals surface area contributed by atoms with Gasteiger partial charge in [0.25, 0.3) is 5.91 Å². The zero-order valence-electron chi connectivity index (χ0n) is 16.0. The molecule has 1 aliphatic heterocycles. The van der Waals surface area contributed by atoms with E-state index in [4.69, 9.17) is 6.42 Å². The van der Waals surface area contributed by atoms with Crippen molar-refractivity contribution in [3.05, 3.63) is 54.3 Å². The van der Waals surface area contributed by atoms with Gasteiger partial charge in [-0.2, -0.15) is 0 Å². The first-order valence-corrected chi connectivity index (χ1v) is 11.5. The maximum atomic E-state index is 13.4. The second-order valence-corrected chi connectivity index (χ2v) is 10.4. The third-order valence-electron chi connectivity index (χ3n) is 5.19. The van der Waals surface area contributed by atoms with Crippen molar-refractivity contribution in [2.24, 2.45) is 0 Å². The van der Waals surface area contributed by atoms with Gasteiger partial charge in [-0.05, 0) is 61.4 Å². The monoisotopic (exact) mass is 448 g/mol. The Hall–Kier alpha value is -2.38. The zero-order chi connectivity index (χ0) is 21.8. The fourth-order valence-corrected chi connectivity index (χ4v) is 6.24. The zero-order valence-corrected chi connectivity index (χ0v) is 17.7. The lowest BCUT2D eigenvalue weighted by Gasteiger charge is -2.38. The van der Waals surface area contributed by atoms with Gasteiger partial charge in [-0.3, -0.25) is 14.9 Å². The van der Waals surface area contributed by atoms with Crippen LogP contribution in [0.2, 0.25) is 0 Å². The molecule has 1 saturated heterocycles. The van der Waals surface area contributed by atoms with Crippen LogP contribution in [0.1, 0.15) is 12.8 Å². The highest BCUT2D eigenvalue weighted by molar-refractivity contribution is 7.99. The molecule has 2 N–H and O–H groups in total. The van der Waals surface area contributed by atoms with Crippen molar-refractivity contribution in [1.29, 1.82) is 0 Å². The van der Waals surface area contributed by atoms with Gasteiger partial charge in [-0.25, -0.2) is 18.3 Å². The number of sulfone groups is 1. The smallest absolute Gasteiger partial charge is 0.265 e. The van der Waals surface area contributed by atoms with Gasteiger partial charge in [0.15, 0.2) is 14.6 Å². The summed E-state index contributed by atoms with van der Waals surface area (Å²) in [7, 11) is -4.08. The number of rotatable bonds is 6. The number of benzene rings is 2. The Labute approximate surface area is 179 Å². The van der Waals surface area contributed by atoms with Gasteiger partial charge in [-0.15, -0.1) is 6.42 Å². The summed E-state index contributed by atoms with van der Waals surface area (Å²) in [6, 6.07) is 12.1. The highest BCUT2D eigenvalue weighted by Gasteiger charge is 2.52. The Morgan fingerprint density at radius 2 is 1.67 bits per heavy atom. The molecule has 1 fully saturated rings. The molecule has 3 rings (SSSR count). The van der Waals surface area contributed by atoms with E-state index in [0.29, 0.717) is 19.6 Å². The Bertz CT molecular complexity index is 1040. The van der Waals surface area contributed by atoms with Crippen molar-refractivity contribution in [2.75, 3.05) is 19.6 Å². The number of carbonyl (C=O) groups excluding carboxylic acids is 1. The van der Waals surface area contributed by atoms with Crippen LogP contribution in [0.25, 0.3) is 0 Å². The maximum absolute atomic E-state index is 13.4. The van der Waals surface area contributed by atoms with Crippen molar-refractivity contribution in [1.82, 2.24) is 10.4 Å². The molecule has 0 unspecified atom stereocenters. The number of likely N-dealkylation sites (tertiary alicyclic amines) is 1. The van der Waals surface area contributed by atoms with Gasteiger partial charge < -0.3 is 0 Å². The number of hydrogen-bond acceptors (Lipinski definition) is 6. The summed E-state index contributed by atoms with van der Waals surface area (Å²) >= 11 is 1.36. The third kappa shape index (κ3) is 4.37. The lowest BCUT2D eigenvalue weighted by atomic mass is 9.95. The van der Waals surface area contributed by atoms with E-state index in [1.54, 1.807) is 24.3 Å². The Balaban J connectivity index is 1.85. The molecular formula is C21H21FN2O4S2. The van der Waals surface area contributed by atoms with Crippen LogP contribution in [0.15, 0.2) is 63.2 Å². The van der Waals surface area contributed by atoms with E-state index in [1.165, 1.54) is 41.5 Å². The van der Waals surface area contributed by atoms with E-state index in [0.717, 1.165) is 9.79 Å². The summed E-state index contributed by atoms with van der Waals surface area (Å²) in [4.78, 5) is 15.9. The quantitative estimate of drug-likeness (QED) is 0.402. The average Bonchev–Trinajstić information content (AvgIpc) is 2.76. The number of hydroxylamine groups is 1. The number of carbonyl (C=O) groups is 1. The molecule has 1 heterocycles. The van der Waals surface area contributed by atoms with Crippen LogP contribution in [-0.4, -0.2) is 48.8 Å². The second-order valence-electron chi connectivity index (χ2n) is 6.95. The molecule has 0 saturated carbocycles. The van der Waals surface area contributed by atoms with Crippen molar-refractivity contribution >= 4 is 27.5 Å². The summed E-state index contributed by atoms with van der Waals surface area (Å²) in [5, 5.41) is 9.22. The van der Waals surface area contributed by atoms with Crippen molar-refractivity contribution in [2.45, 2.75) is 32.3 Å². The Morgan fingerprint density at radius 3 is 2.17 bits per heavy atom. The number of piperidine rings is 1. The summed E-state index contributed by atoms with van der Waals surface area (Å²) in [6.45, 7) is 1.02. The normalized spacial score (nSPS) is 16.6. The summed E-state index contributed by atoms with van der Waals surface area (Å²) < 4.78 is 38.1. The van der Waals surface area contributed by atoms with E-state index < -0.39 is 20.5 Å². The second kappa shape index (κ2) is 9.18. The molecule has 0 aliphatic carbocycles. The van der Waals surface area contributed by atoms with Crippen LogP contribution in [0.5, 0.6) is 0 Å². The average molecular weight is 449 g/mol. The van der Waals surface area contributed by atoms with Crippen LogP contribution < -0.4 is 5.48 Å². The van der Waals surface area contributed by atoms with E-state index in [-0.39, 0.29) is 23.6 Å². The lowest BCUT2D eigenvalue weighted by molar-refractivity contribution is -0.133. The molecule has 6 nitrogen and oxygen atoms in total. The molecular weight excluding hydrogens is 427 g/mol. The molecule has 0 atom stereocenters. The predicted octanol–water partition coefficient (Wildman–Crippen LogP) is 2.72. The van der Waals surface area contributed by atoms with Crippen molar-refractivity contribution in [3.8, 4) is 12.3 Å². The largest absolute Gasteiger partial charge is 0.292 e. The minimum absolute atomic E-state index is 0.0000408. The standard InChI is InChI=1S/C21H21FN2O4S2/c1-2-13-24-14-11-21(12-15-24,20(25)23-26)30(27,28)19-9-7-18(8-10-19)29-17-5-3-16(22)4-6-17/h1,3-10,26H,11-15H2,(H,23,25). The van der Waals surface area contributed by atoms with Gasteiger partial charge >= 0.3 is 0 Å². The molecule has 0 radical (unpaired) electrons. The topological polar surface area (TPSA) is 86.7 Å². The molecule has 30 heavy (non-hydrogen) atoms. The number of amides is 1. The minimum atomic E-state index is -4.08. The van der Waals surface area contributed by atoms with Crippen LogP contribution in [-0.2, 0) is 14.6 Å². The predicted molar refractivity (Wildman–Crippen MR) is 111 cm³/mol. The van der Waals surface area contributed by atoms with Crippen LogP contribution in [0.4, 0.5) is 4.39 Å². The molecule has 2 aromatic carbocycles. The summed E-state index contributed by atoms with van der Waals surface area (Å²) in [6.07, 6.45) is 5.36. The van der Waals surface area contributed by atoms with Crippen molar-refractivity contribution < 1.29 is 22.8 Å². The molecule has 0 spiro atoms. The van der Waals surface area contributed by atoms with E-state index >= 15 is 0 Å². The van der Waals surface area contributed by atoms with Gasteiger partial charge in [0.1, 0.15) is 5.82 Å². The molecule has 2 aromatic rings. The molecule has 158 valence electrons.